The largest absolute Gasteiger partial charge is 0.494 e. The molecule has 0 radical (unpaired) electrons. The van der Waals surface area contributed by atoms with Gasteiger partial charge in [-0.05, 0) is 75.6 Å². The lowest BCUT2D eigenvalue weighted by atomic mass is 10.1. The van der Waals surface area contributed by atoms with Crippen molar-refractivity contribution in [2.75, 3.05) is 11.9 Å². The molecule has 0 atom stereocenters. The Balaban J connectivity index is 1.62. The van der Waals surface area contributed by atoms with Gasteiger partial charge in [0.2, 0.25) is 5.13 Å². The predicted molar refractivity (Wildman–Crippen MR) is 130 cm³/mol. The van der Waals surface area contributed by atoms with Gasteiger partial charge in [0.25, 0.3) is 5.91 Å². The number of amides is 1. The summed E-state index contributed by atoms with van der Waals surface area (Å²) >= 11 is 1.58. The zero-order chi connectivity index (χ0) is 22.8. The third kappa shape index (κ3) is 4.39. The minimum absolute atomic E-state index is 0.153. The molecule has 32 heavy (non-hydrogen) atoms. The summed E-state index contributed by atoms with van der Waals surface area (Å²) in [5.74, 6) is 0.562. The molecule has 0 saturated carbocycles. The van der Waals surface area contributed by atoms with Crippen LogP contribution in [0.1, 0.15) is 52.6 Å². The molecule has 0 fully saturated rings. The van der Waals surface area contributed by atoms with Crippen molar-refractivity contribution in [1.82, 2.24) is 14.8 Å². The van der Waals surface area contributed by atoms with Crippen molar-refractivity contribution >= 4 is 33.1 Å². The summed E-state index contributed by atoms with van der Waals surface area (Å²) in [7, 11) is 0. The zero-order valence-corrected chi connectivity index (χ0v) is 20.0. The average molecular weight is 449 g/mol. The highest BCUT2D eigenvalue weighted by Crippen LogP contribution is 2.35. The van der Waals surface area contributed by atoms with Crippen molar-refractivity contribution < 1.29 is 9.53 Å². The number of nitrogens with one attached hydrogen (secondary N) is 1. The van der Waals surface area contributed by atoms with Crippen molar-refractivity contribution in [3.8, 4) is 10.9 Å². The summed E-state index contributed by atoms with van der Waals surface area (Å²) in [6, 6.07) is 11.4. The fraction of sp³-hybridized carbons (Fsp3) is 0.320. The van der Waals surface area contributed by atoms with Crippen LogP contribution in [0.15, 0.2) is 36.4 Å². The van der Waals surface area contributed by atoms with Crippen molar-refractivity contribution in [3.63, 3.8) is 0 Å². The molecule has 0 aliphatic rings. The predicted octanol–water partition coefficient (Wildman–Crippen LogP) is 6.15. The number of hydrogen-bond acceptors (Lipinski definition) is 5. The normalized spacial score (nSPS) is 11.2. The van der Waals surface area contributed by atoms with Crippen molar-refractivity contribution in [1.29, 1.82) is 0 Å². The number of hydrogen-bond donors (Lipinski definition) is 1. The Hall–Kier alpha value is -3.19. The first-order valence-electron chi connectivity index (χ1n) is 10.9. The number of aromatic nitrogens is 3. The van der Waals surface area contributed by atoms with E-state index in [4.69, 9.17) is 9.72 Å². The van der Waals surface area contributed by atoms with Crippen LogP contribution in [0.5, 0.6) is 5.75 Å². The van der Waals surface area contributed by atoms with E-state index in [0.717, 1.165) is 56.4 Å². The first kappa shape index (κ1) is 22.0. The maximum atomic E-state index is 13.0. The van der Waals surface area contributed by atoms with Gasteiger partial charge in [0.1, 0.15) is 5.75 Å². The molecule has 166 valence electrons. The quantitative estimate of drug-likeness (QED) is 0.344. The lowest BCUT2D eigenvalue weighted by Crippen LogP contribution is -2.14. The van der Waals surface area contributed by atoms with E-state index < -0.39 is 0 Å². The van der Waals surface area contributed by atoms with E-state index in [1.165, 1.54) is 0 Å². The van der Waals surface area contributed by atoms with Crippen LogP contribution < -0.4 is 10.1 Å². The highest BCUT2D eigenvalue weighted by molar-refractivity contribution is 7.21. The van der Waals surface area contributed by atoms with E-state index in [-0.39, 0.29) is 5.91 Å². The van der Waals surface area contributed by atoms with Crippen molar-refractivity contribution in [3.05, 3.63) is 64.5 Å². The molecule has 4 rings (SSSR count). The van der Waals surface area contributed by atoms with Gasteiger partial charge in [-0.1, -0.05) is 30.7 Å². The summed E-state index contributed by atoms with van der Waals surface area (Å²) in [6.45, 7) is 10.8. The van der Waals surface area contributed by atoms with Gasteiger partial charge in [-0.2, -0.15) is 5.10 Å². The molecule has 6 nitrogen and oxygen atoms in total. The Labute approximate surface area is 192 Å². The van der Waals surface area contributed by atoms with E-state index in [0.29, 0.717) is 17.9 Å². The molecule has 0 aliphatic carbocycles. The number of fused-ring (bicyclic) bond motifs is 1. The Morgan fingerprint density at radius 1 is 1.16 bits per heavy atom. The number of ether oxygens (including phenoxy) is 1. The molecule has 2 aromatic carbocycles. The maximum Gasteiger partial charge on any atom is 0.255 e. The molecule has 7 heteroatoms. The van der Waals surface area contributed by atoms with Gasteiger partial charge in [0.05, 0.1) is 22.5 Å². The molecule has 1 amide bonds. The molecule has 4 aromatic rings. The second-order valence-corrected chi connectivity index (χ2v) is 9.04. The molecular weight excluding hydrogens is 420 g/mol. The summed E-state index contributed by atoms with van der Waals surface area (Å²) in [5, 5.41) is 8.49. The highest BCUT2D eigenvalue weighted by atomic mass is 32.1. The second-order valence-electron chi connectivity index (χ2n) is 8.06. The molecule has 0 spiro atoms. The van der Waals surface area contributed by atoms with Gasteiger partial charge in [0, 0.05) is 16.9 Å². The standard InChI is InChI=1S/C25H28N4O2S/c1-6-7-11-31-20-10-8-9-19(14-20)24(30)27-22-15(2)12-21-23(18(22)5)32-25(26-21)29-17(4)13-16(3)28-29/h8-10,12-14H,6-7,11H2,1-5H3,(H,27,30). The number of carbonyl (C=O) groups excluding carboxylic acids is 1. The van der Waals surface area contributed by atoms with E-state index in [2.05, 4.69) is 17.3 Å². The summed E-state index contributed by atoms with van der Waals surface area (Å²) in [6.07, 6.45) is 2.06. The lowest BCUT2D eigenvalue weighted by Gasteiger charge is -2.13. The number of anilines is 1. The van der Waals surface area contributed by atoms with Crippen LogP contribution in [-0.4, -0.2) is 27.3 Å². The zero-order valence-electron chi connectivity index (χ0n) is 19.2. The monoisotopic (exact) mass is 448 g/mol. The lowest BCUT2D eigenvalue weighted by molar-refractivity contribution is 0.102. The SMILES string of the molecule is CCCCOc1cccc(C(=O)Nc2c(C)cc3nc(-n4nc(C)cc4C)sc3c2C)c1. The van der Waals surface area contributed by atoms with Crippen LogP contribution in [0.25, 0.3) is 15.3 Å². The minimum Gasteiger partial charge on any atom is -0.494 e. The Kier molecular flexibility index (Phi) is 6.28. The van der Waals surface area contributed by atoms with Crippen molar-refractivity contribution in [2.24, 2.45) is 0 Å². The molecule has 0 saturated heterocycles. The third-order valence-corrected chi connectivity index (χ3v) is 6.56. The first-order valence-corrected chi connectivity index (χ1v) is 11.7. The summed E-state index contributed by atoms with van der Waals surface area (Å²) < 4.78 is 8.67. The van der Waals surface area contributed by atoms with E-state index >= 15 is 0 Å². The van der Waals surface area contributed by atoms with Crippen LogP contribution in [0.3, 0.4) is 0 Å². The van der Waals surface area contributed by atoms with Gasteiger partial charge in [-0.15, -0.1) is 0 Å². The number of rotatable bonds is 7. The molecular formula is C25H28N4O2S. The van der Waals surface area contributed by atoms with E-state index in [9.17, 15) is 4.79 Å². The first-order chi connectivity index (χ1) is 15.4. The number of nitrogens with zero attached hydrogens (tertiary/aromatic N) is 3. The molecule has 0 unspecified atom stereocenters. The van der Waals surface area contributed by atoms with Gasteiger partial charge in [-0.3, -0.25) is 4.79 Å². The highest BCUT2D eigenvalue weighted by Gasteiger charge is 2.17. The third-order valence-electron chi connectivity index (χ3n) is 5.40. The van der Waals surface area contributed by atoms with Crippen LogP contribution in [0, 0.1) is 27.7 Å². The number of unbranched alkanes of at least 4 members (excludes halogenated alkanes) is 1. The van der Waals surface area contributed by atoms with E-state index in [1.54, 1.807) is 23.5 Å². The van der Waals surface area contributed by atoms with E-state index in [1.807, 2.05) is 56.6 Å². The number of thiazole rings is 1. The summed E-state index contributed by atoms with van der Waals surface area (Å²) in [4.78, 5) is 17.8. The molecule has 0 aliphatic heterocycles. The van der Waals surface area contributed by atoms with Crippen LogP contribution in [0.2, 0.25) is 0 Å². The van der Waals surface area contributed by atoms with Crippen LogP contribution in [0.4, 0.5) is 5.69 Å². The maximum absolute atomic E-state index is 13.0. The van der Waals surface area contributed by atoms with Gasteiger partial charge in [0.15, 0.2) is 0 Å². The number of benzene rings is 2. The fourth-order valence-electron chi connectivity index (χ4n) is 3.73. The molecule has 1 N–H and O–H groups in total. The molecule has 2 aromatic heterocycles. The number of carbonyl (C=O) groups is 1. The minimum atomic E-state index is -0.153. The van der Waals surface area contributed by atoms with Crippen LogP contribution >= 0.6 is 11.3 Å². The smallest absolute Gasteiger partial charge is 0.255 e. The van der Waals surface area contributed by atoms with Gasteiger partial charge < -0.3 is 10.1 Å². The Bertz CT molecular complexity index is 1290. The number of aryl methyl sites for hydroxylation is 4. The average Bonchev–Trinajstić information content (AvgIpc) is 3.33. The Morgan fingerprint density at radius 3 is 2.69 bits per heavy atom. The Morgan fingerprint density at radius 2 is 1.97 bits per heavy atom. The van der Waals surface area contributed by atoms with Gasteiger partial charge in [-0.25, -0.2) is 9.67 Å². The molecule has 0 bridgehead atoms. The molecule has 2 heterocycles. The second kappa shape index (κ2) is 9.12. The fourth-order valence-corrected chi connectivity index (χ4v) is 4.79. The summed E-state index contributed by atoms with van der Waals surface area (Å²) in [5.41, 5.74) is 6.30. The van der Waals surface area contributed by atoms with Crippen molar-refractivity contribution in [2.45, 2.75) is 47.5 Å². The van der Waals surface area contributed by atoms with Crippen LogP contribution in [-0.2, 0) is 0 Å². The topological polar surface area (TPSA) is 69.0 Å². The van der Waals surface area contributed by atoms with Gasteiger partial charge >= 0.3 is 0 Å².